The Hall–Kier alpha value is -6.37. The van der Waals surface area contributed by atoms with E-state index in [-0.39, 0.29) is 25.9 Å². The molecule has 2 aliphatic heterocycles. The molecule has 0 fully saturated rings. The highest BCUT2D eigenvalue weighted by Gasteiger charge is 2.18. The topological polar surface area (TPSA) is 185 Å². The van der Waals surface area contributed by atoms with Gasteiger partial charge in [-0.1, -0.05) is 36.4 Å². The summed E-state index contributed by atoms with van der Waals surface area (Å²) in [5.74, 6) is 2.67. The summed E-state index contributed by atoms with van der Waals surface area (Å²) in [5.41, 5.74) is 4.01. The summed E-state index contributed by atoms with van der Waals surface area (Å²) in [4.78, 5) is 30.8. The molecular weight excluding hydrogens is 862 g/mol. The van der Waals surface area contributed by atoms with Crippen LogP contribution in [0.3, 0.4) is 0 Å². The van der Waals surface area contributed by atoms with E-state index in [1.807, 2.05) is 72.8 Å². The molecule has 6 aromatic rings. The number of ether oxygens (including phenoxy) is 7. The molecule has 0 bridgehead atoms. The zero-order chi connectivity index (χ0) is 40.9. The van der Waals surface area contributed by atoms with Gasteiger partial charge in [-0.25, -0.2) is 19.6 Å². The predicted molar refractivity (Wildman–Crippen MR) is 220 cm³/mol. The van der Waals surface area contributed by atoms with Gasteiger partial charge in [-0.15, -0.1) is 0 Å². The molecule has 0 saturated heterocycles. The van der Waals surface area contributed by atoms with Gasteiger partial charge in [0.1, 0.15) is 36.1 Å². The van der Waals surface area contributed by atoms with Crippen LogP contribution in [0.1, 0.15) is 39.3 Å². The number of hydrogen-bond acceptors (Lipinski definition) is 13. The van der Waals surface area contributed by atoms with Crippen LogP contribution >= 0.6 is 22.6 Å². The molecule has 8 rings (SSSR count). The molecule has 0 amide bonds. The lowest BCUT2D eigenvalue weighted by atomic mass is 9.80. The second-order valence-electron chi connectivity index (χ2n) is 12.2. The molecule has 16 heteroatoms. The van der Waals surface area contributed by atoms with Gasteiger partial charge >= 0.3 is 19.1 Å². The van der Waals surface area contributed by atoms with E-state index in [1.165, 1.54) is 6.07 Å². The standard InChI is InChI=1S/C20H15NO5.C15H14INO3.C7H7BO4/c22-20(23)17-3-1-2-15(21-17)11-24-16-7-4-13(5-8-16)14-6-9-18-19(10-14)26-12-25-18;1-2-19-15(18)14-5-3-4-12(17-14)10-20-13-8-6-11(16)7-9-13;9-8(10)5-1-2-6-7(3-5)12-4-11-6/h1-10H,11-12H2,(H,22,23);3-9H,2,10H2,1H3;1-3,9-10H,4H2. The van der Waals surface area contributed by atoms with E-state index < -0.39 is 19.1 Å². The third kappa shape index (κ3) is 11.6. The number of carbonyl (C=O) groups is 2. The number of aromatic nitrogens is 2. The van der Waals surface area contributed by atoms with Crippen LogP contribution in [0.5, 0.6) is 34.5 Å². The van der Waals surface area contributed by atoms with E-state index >= 15 is 0 Å². The molecular formula is C42H36BIN2O12. The van der Waals surface area contributed by atoms with Crippen LogP contribution in [0.15, 0.2) is 121 Å². The van der Waals surface area contributed by atoms with Crippen molar-refractivity contribution in [3.63, 3.8) is 0 Å². The number of pyridine rings is 2. The number of aromatic carboxylic acids is 1. The van der Waals surface area contributed by atoms with Crippen LogP contribution in [-0.4, -0.2) is 64.4 Å². The zero-order valence-corrected chi connectivity index (χ0v) is 33.1. The summed E-state index contributed by atoms with van der Waals surface area (Å²) in [5, 5.41) is 26.6. The number of hydrogen-bond donors (Lipinski definition) is 3. The quantitative estimate of drug-likeness (QED) is 0.0749. The lowest BCUT2D eigenvalue weighted by molar-refractivity contribution is 0.0518. The van der Waals surface area contributed by atoms with Crippen molar-refractivity contribution in [2.75, 3.05) is 20.2 Å². The molecule has 0 saturated carbocycles. The molecule has 0 aliphatic carbocycles. The van der Waals surface area contributed by atoms with E-state index in [0.717, 1.165) is 31.9 Å². The van der Waals surface area contributed by atoms with Gasteiger partial charge in [0.05, 0.1) is 18.0 Å². The number of benzene rings is 4. The Morgan fingerprint density at radius 3 is 1.76 bits per heavy atom. The van der Waals surface area contributed by atoms with Crippen molar-refractivity contribution in [1.29, 1.82) is 0 Å². The number of carboxylic acid groups (broad SMARTS) is 1. The van der Waals surface area contributed by atoms with Gasteiger partial charge in [0.25, 0.3) is 0 Å². The van der Waals surface area contributed by atoms with E-state index in [0.29, 0.717) is 53.0 Å². The molecule has 296 valence electrons. The molecule has 2 aromatic heterocycles. The molecule has 2 aliphatic rings. The molecule has 0 spiro atoms. The molecule has 0 unspecified atom stereocenters. The van der Waals surface area contributed by atoms with Crippen molar-refractivity contribution in [3.8, 4) is 45.6 Å². The number of fused-ring (bicyclic) bond motifs is 2. The molecule has 58 heavy (non-hydrogen) atoms. The van der Waals surface area contributed by atoms with Gasteiger partial charge < -0.3 is 48.3 Å². The van der Waals surface area contributed by atoms with E-state index in [1.54, 1.807) is 49.4 Å². The second-order valence-corrected chi connectivity index (χ2v) is 13.4. The van der Waals surface area contributed by atoms with Crippen molar-refractivity contribution in [3.05, 3.63) is 148 Å². The third-order valence-electron chi connectivity index (χ3n) is 8.16. The number of carbonyl (C=O) groups excluding carboxylic acids is 1. The summed E-state index contributed by atoms with van der Waals surface area (Å²) >= 11 is 2.24. The number of rotatable bonds is 11. The maximum Gasteiger partial charge on any atom is 0.488 e. The molecule has 0 atom stereocenters. The summed E-state index contributed by atoms with van der Waals surface area (Å²) in [6.07, 6.45) is 0. The van der Waals surface area contributed by atoms with Gasteiger partial charge in [0.2, 0.25) is 13.6 Å². The summed E-state index contributed by atoms with van der Waals surface area (Å²) < 4.78 is 38.2. The number of esters is 1. The van der Waals surface area contributed by atoms with Crippen LogP contribution in [0.2, 0.25) is 0 Å². The van der Waals surface area contributed by atoms with Crippen LogP contribution in [0.4, 0.5) is 0 Å². The maximum atomic E-state index is 11.6. The minimum Gasteiger partial charge on any atom is -0.487 e. The van der Waals surface area contributed by atoms with Crippen LogP contribution < -0.4 is 33.9 Å². The van der Waals surface area contributed by atoms with Crippen LogP contribution in [0.25, 0.3) is 11.1 Å². The first kappa shape index (κ1) is 41.3. The van der Waals surface area contributed by atoms with Crippen LogP contribution in [-0.2, 0) is 18.0 Å². The Morgan fingerprint density at radius 1 is 0.655 bits per heavy atom. The Morgan fingerprint density at radius 2 is 1.17 bits per heavy atom. The van der Waals surface area contributed by atoms with Crippen molar-refractivity contribution in [2.24, 2.45) is 0 Å². The van der Waals surface area contributed by atoms with Gasteiger partial charge in [-0.3, -0.25) is 0 Å². The lowest BCUT2D eigenvalue weighted by Crippen LogP contribution is -2.29. The van der Waals surface area contributed by atoms with E-state index in [4.69, 9.17) is 48.3 Å². The Balaban J connectivity index is 0.000000157. The normalized spacial score (nSPS) is 11.6. The SMILES string of the molecule is CCOC(=O)c1cccc(COc2ccc(I)cc2)n1.O=C(O)c1cccc(COc2ccc(-c3ccc4c(c3)OCO4)cc2)n1.OB(O)c1ccc2c(c1)OCO2. The Labute approximate surface area is 347 Å². The van der Waals surface area contributed by atoms with Gasteiger partial charge in [0, 0.05) is 3.57 Å². The fourth-order valence-electron chi connectivity index (χ4n) is 5.30. The number of nitrogens with zero attached hydrogens (tertiary/aromatic N) is 2. The van der Waals surface area contributed by atoms with Crippen molar-refractivity contribution in [1.82, 2.24) is 9.97 Å². The first-order valence-electron chi connectivity index (χ1n) is 17.7. The first-order chi connectivity index (χ1) is 28.1. The summed E-state index contributed by atoms with van der Waals surface area (Å²) in [6, 6.07) is 36.0. The van der Waals surface area contributed by atoms with Gasteiger partial charge in [-0.2, -0.15) is 0 Å². The smallest absolute Gasteiger partial charge is 0.487 e. The number of halogens is 1. The largest absolute Gasteiger partial charge is 0.488 e. The fraction of sp³-hybridized carbons (Fsp3) is 0.143. The zero-order valence-electron chi connectivity index (χ0n) is 30.9. The predicted octanol–water partition coefficient (Wildman–Crippen LogP) is 6.29. The molecule has 4 aromatic carbocycles. The second kappa shape index (κ2) is 20.2. The average Bonchev–Trinajstić information content (AvgIpc) is 3.93. The Kier molecular flexibility index (Phi) is 14.4. The summed E-state index contributed by atoms with van der Waals surface area (Å²) in [7, 11) is -1.46. The van der Waals surface area contributed by atoms with E-state index in [2.05, 4.69) is 32.6 Å². The highest BCUT2D eigenvalue weighted by atomic mass is 127. The minimum absolute atomic E-state index is 0.00394. The monoisotopic (exact) mass is 898 g/mol. The lowest BCUT2D eigenvalue weighted by Gasteiger charge is -2.08. The highest BCUT2D eigenvalue weighted by molar-refractivity contribution is 14.1. The number of carboxylic acids is 1. The highest BCUT2D eigenvalue weighted by Crippen LogP contribution is 2.36. The molecule has 14 nitrogen and oxygen atoms in total. The third-order valence-corrected chi connectivity index (χ3v) is 8.88. The van der Waals surface area contributed by atoms with Gasteiger partial charge in [0.15, 0.2) is 23.0 Å². The fourth-order valence-corrected chi connectivity index (χ4v) is 5.66. The van der Waals surface area contributed by atoms with Crippen LogP contribution in [0, 0.1) is 3.57 Å². The Bertz CT molecular complexity index is 2330. The molecule has 3 N–H and O–H groups in total. The molecule has 0 radical (unpaired) electrons. The van der Waals surface area contributed by atoms with E-state index in [9.17, 15) is 9.59 Å². The minimum atomic E-state index is -1.46. The maximum absolute atomic E-state index is 11.6. The first-order valence-corrected chi connectivity index (χ1v) is 18.8. The van der Waals surface area contributed by atoms with Crippen molar-refractivity contribution in [2.45, 2.75) is 20.1 Å². The average molecular weight is 898 g/mol. The molecule has 4 heterocycles. The van der Waals surface area contributed by atoms with Gasteiger partial charge in [-0.05, 0) is 131 Å². The van der Waals surface area contributed by atoms with Crippen molar-refractivity contribution >= 4 is 47.1 Å². The van der Waals surface area contributed by atoms with Crippen molar-refractivity contribution < 1.29 is 57.9 Å². The summed E-state index contributed by atoms with van der Waals surface area (Å²) in [6.45, 7) is 3.06.